The van der Waals surface area contributed by atoms with Crippen LogP contribution >= 0.6 is 0 Å². The Hall–Kier alpha value is -7.92. The fraction of sp³-hybridized carbons (Fsp3) is 0.388. The number of rotatable bonds is 14. The normalized spacial score (nSPS) is 24.2. The van der Waals surface area contributed by atoms with Gasteiger partial charge in [-0.3, -0.25) is 29.4 Å². The average Bonchev–Trinajstić information content (AvgIpc) is 3.67. The maximum Gasteiger partial charge on any atom is 0.324 e. The summed E-state index contributed by atoms with van der Waals surface area (Å²) in [7, 11) is -7.69. The summed E-state index contributed by atoms with van der Waals surface area (Å²) in [6.07, 6.45) is 3.69. The lowest BCUT2D eigenvalue weighted by molar-refractivity contribution is -0.197. The SMILES string of the molecule is CCNC(=O)[C@H]1O[C@@H](n2cnc3c(NC(=O)Nc4ccccc4S(=O)(=O)N4CC=CC4)ncnc32)C(O)C1O.CCNC(=O)[C@H]1O[C@@H](n2cnc3c(NC(=O)Nc4ccccc4S(=O)(=O)N4CC=CC4)ncnc32)C2OC(C)(C)OC21. The lowest BCUT2D eigenvalue weighted by Crippen LogP contribution is -2.42. The monoisotopic (exact) mass is 1160 g/mol. The van der Waals surface area contributed by atoms with E-state index < -0.39 is 92.9 Å². The minimum absolute atomic E-state index is 0.00589. The number of aromatic nitrogens is 8. The number of ether oxygens (including phenoxy) is 4. The van der Waals surface area contributed by atoms with Gasteiger partial charge < -0.3 is 50.4 Å². The van der Waals surface area contributed by atoms with E-state index in [-0.39, 0.29) is 81.6 Å². The van der Waals surface area contributed by atoms with Crippen LogP contribution in [0, 0.1) is 0 Å². The molecule has 32 heteroatoms. The molecule has 5 aliphatic rings. The molecule has 8 N–H and O–H groups in total. The minimum atomic E-state index is -3.85. The first-order chi connectivity index (χ1) is 38.8. The average molecular weight is 1160 g/mol. The quantitative estimate of drug-likeness (QED) is 0.0714. The molecule has 5 aliphatic heterocycles. The van der Waals surface area contributed by atoms with E-state index >= 15 is 0 Å². The molecule has 6 aromatic rings. The van der Waals surface area contributed by atoms with E-state index in [0.29, 0.717) is 18.7 Å². The number of nitrogens with one attached hydrogen (secondary N) is 6. The summed E-state index contributed by atoms with van der Waals surface area (Å²) >= 11 is 0. The standard InChI is InChI=1S/C26H30N8O7S.C23H26N8O7S/c1-4-27-23(35)19-18-20(41-26(2,3)40-18)24(39-19)34-14-30-17-21(28-13-29-22(17)34)32-25(36)31-15-9-5-6-10-16(15)42(37,38)33-11-7-8-12-33;1-2-24-21(34)18-16(32)17(33)22(38-18)31-12-27-15-19(25-11-26-20(15)31)29-23(35)28-13-7-3-4-8-14(13)39(36,37)30-9-5-6-10-30/h5-10,13-14,18-20,24H,4,11-12H2,1-3H3,(H,27,35)(H2,28,29,31,32,36);3-8,11-12,16-18,22,32-33H,2,9-10H2,1H3,(H,24,34)(H2,25,26,28,29,35)/t18?,19-,20?,24+;16?,17?,18-,22+/m00/s1. The Morgan fingerprint density at radius 2 is 1.01 bits per heavy atom. The first kappa shape index (κ1) is 56.4. The number of urea groups is 2. The highest BCUT2D eigenvalue weighted by atomic mass is 32.2. The highest BCUT2D eigenvalue weighted by molar-refractivity contribution is 7.89. The topological polar surface area (TPSA) is 380 Å². The number of amides is 6. The highest BCUT2D eigenvalue weighted by Gasteiger charge is 2.58. The van der Waals surface area contributed by atoms with Crippen molar-refractivity contribution in [2.24, 2.45) is 0 Å². The number of hydrogen-bond donors (Lipinski definition) is 8. The van der Waals surface area contributed by atoms with Gasteiger partial charge in [0, 0.05) is 39.3 Å². The zero-order valence-corrected chi connectivity index (χ0v) is 45.3. The number of para-hydroxylation sites is 2. The smallest absolute Gasteiger partial charge is 0.324 e. The van der Waals surface area contributed by atoms with E-state index in [2.05, 4.69) is 61.8 Å². The van der Waals surface area contributed by atoms with Gasteiger partial charge in [0.15, 0.2) is 64.4 Å². The highest BCUT2D eigenvalue weighted by Crippen LogP contribution is 2.44. The van der Waals surface area contributed by atoms with Crippen molar-refractivity contribution in [2.75, 3.05) is 60.5 Å². The van der Waals surface area contributed by atoms with Crippen molar-refractivity contribution in [1.29, 1.82) is 0 Å². The summed E-state index contributed by atoms with van der Waals surface area (Å²) in [4.78, 5) is 76.1. The van der Waals surface area contributed by atoms with Gasteiger partial charge in [0.25, 0.3) is 11.8 Å². The van der Waals surface area contributed by atoms with Crippen LogP contribution in [0.25, 0.3) is 22.3 Å². The largest absolute Gasteiger partial charge is 0.387 e. The summed E-state index contributed by atoms with van der Waals surface area (Å²) in [5, 5.41) is 36.5. The number of aliphatic hydroxyl groups is 2. The van der Waals surface area contributed by atoms with Crippen LogP contribution in [0.2, 0.25) is 0 Å². The van der Waals surface area contributed by atoms with Gasteiger partial charge in [-0.05, 0) is 52.0 Å². The number of fused-ring (bicyclic) bond motifs is 3. The number of hydrogen-bond acceptors (Lipinski definition) is 20. The molecular formula is C49H56N16O14S2. The molecule has 81 heavy (non-hydrogen) atoms. The van der Waals surface area contributed by atoms with Crippen LogP contribution in [0.15, 0.2) is 108 Å². The molecule has 0 aliphatic carbocycles. The molecule has 0 spiro atoms. The Morgan fingerprint density at radius 3 is 1.49 bits per heavy atom. The van der Waals surface area contributed by atoms with Crippen LogP contribution in [0.4, 0.5) is 32.6 Å². The van der Waals surface area contributed by atoms with Crippen LogP contribution < -0.4 is 31.9 Å². The maximum atomic E-state index is 13.1. The van der Waals surface area contributed by atoms with Crippen LogP contribution in [-0.2, 0) is 48.6 Å². The Labute approximate surface area is 462 Å². The molecular weight excluding hydrogens is 1100 g/mol. The third-order valence-corrected chi connectivity index (χ3v) is 17.1. The van der Waals surface area contributed by atoms with E-state index in [0.717, 1.165) is 6.33 Å². The second-order valence-electron chi connectivity index (χ2n) is 19.1. The van der Waals surface area contributed by atoms with Crippen LogP contribution in [0.3, 0.4) is 0 Å². The number of anilines is 4. The number of benzene rings is 2. The van der Waals surface area contributed by atoms with E-state index in [1.54, 1.807) is 73.9 Å². The molecule has 2 aromatic carbocycles. The number of imidazole rings is 2. The molecule has 428 valence electrons. The molecule has 30 nitrogen and oxygen atoms in total. The Morgan fingerprint density at radius 1 is 0.580 bits per heavy atom. The maximum absolute atomic E-state index is 13.1. The van der Waals surface area contributed by atoms with Gasteiger partial charge in [-0.1, -0.05) is 48.6 Å². The van der Waals surface area contributed by atoms with E-state index in [1.165, 1.54) is 56.4 Å². The summed E-state index contributed by atoms with van der Waals surface area (Å²) in [5.41, 5.74) is 1.03. The van der Waals surface area contributed by atoms with Gasteiger partial charge in [-0.15, -0.1) is 0 Å². The van der Waals surface area contributed by atoms with Gasteiger partial charge in [0.2, 0.25) is 20.0 Å². The number of carbonyl (C=O) groups excluding carboxylic acids is 4. The van der Waals surface area contributed by atoms with Gasteiger partial charge in [-0.25, -0.2) is 56.3 Å². The summed E-state index contributed by atoms with van der Waals surface area (Å²) < 4.78 is 81.7. The Bertz CT molecular complexity index is 3670. The van der Waals surface area contributed by atoms with Crippen molar-refractivity contribution >= 4 is 89.3 Å². The van der Waals surface area contributed by atoms with Crippen molar-refractivity contribution in [2.45, 2.75) is 92.4 Å². The zero-order chi connectivity index (χ0) is 57.4. The van der Waals surface area contributed by atoms with Crippen molar-refractivity contribution in [3.8, 4) is 0 Å². The molecule has 0 saturated carbocycles. The van der Waals surface area contributed by atoms with E-state index in [9.17, 15) is 46.2 Å². The number of nitrogens with zero attached hydrogens (tertiary/aromatic N) is 10. The van der Waals surface area contributed by atoms with E-state index in [4.69, 9.17) is 18.9 Å². The molecule has 3 saturated heterocycles. The van der Waals surface area contributed by atoms with Crippen molar-refractivity contribution in [3.63, 3.8) is 0 Å². The van der Waals surface area contributed by atoms with E-state index in [1.807, 2.05) is 6.92 Å². The third kappa shape index (κ3) is 11.2. The second kappa shape index (κ2) is 22.9. The predicted octanol–water partition coefficient (Wildman–Crippen LogP) is 1.37. The summed E-state index contributed by atoms with van der Waals surface area (Å²) in [6, 6.07) is 10.7. The van der Waals surface area contributed by atoms with Crippen molar-refractivity contribution in [1.82, 2.24) is 58.3 Å². The predicted molar refractivity (Wildman–Crippen MR) is 286 cm³/mol. The molecule has 0 radical (unpaired) electrons. The molecule has 4 aromatic heterocycles. The number of likely N-dealkylation sites (N-methyl/N-ethyl adjacent to an activating group) is 2. The van der Waals surface area contributed by atoms with Gasteiger partial charge in [0.1, 0.15) is 46.9 Å². The minimum Gasteiger partial charge on any atom is -0.387 e. The van der Waals surface area contributed by atoms with Crippen LogP contribution in [-0.4, -0.2) is 180 Å². The second-order valence-corrected chi connectivity index (χ2v) is 22.9. The molecule has 8 atom stereocenters. The summed E-state index contributed by atoms with van der Waals surface area (Å²) in [5.74, 6) is -1.76. The van der Waals surface area contributed by atoms with Gasteiger partial charge >= 0.3 is 12.1 Å². The number of aliphatic hydroxyl groups excluding tert-OH is 2. The number of sulfonamides is 2. The van der Waals surface area contributed by atoms with Crippen LogP contribution in [0.1, 0.15) is 40.2 Å². The van der Waals surface area contributed by atoms with Gasteiger partial charge in [-0.2, -0.15) is 8.61 Å². The first-order valence-corrected chi connectivity index (χ1v) is 28.3. The zero-order valence-electron chi connectivity index (χ0n) is 43.7. The fourth-order valence-electron chi connectivity index (χ4n) is 9.63. The molecule has 6 amide bonds. The van der Waals surface area contributed by atoms with Crippen molar-refractivity contribution < 1.29 is 65.2 Å². The number of carbonyl (C=O) groups is 4. The van der Waals surface area contributed by atoms with Gasteiger partial charge in [0.05, 0.1) is 24.0 Å². The lowest BCUT2D eigenvalue weighted by atomic mass is 10.1. The molecule has 11 rings (SSSR count). The Balaban J connectivity index is 0.000000182. The molecule has 0 bridgehead atoms. The fourth-order valence-corrected chi connectivity index (χ4v) is 12.6. The van der Waals surface area contributed by atoms with Crippen molar-refractivity contribution in [3.05, 3.63) is 98.1 Å². The molecule has 4 unspecified atom stereocenters. The third-order valence-electron chi connectivity index (χ3n) is 13.3. The van der Waals surface area contributed by atoms with Crippen LogP contribution in [0.5, 0.6) is 0 Å². The first-order valence-electron chi connectivity index (χ1n) is 25.4. The molecule has 9 heterocycles. The lowest BCUT2D eigenvalue weighted by Gasteiger charge is -2.24. The Kier molecular flexibility index (Phi) is 15.9. The summed E-state index contributed by atoms with van der Waals surface area (Å²) in [6.45, 7) is 8.78. The molecule has 3 fully saturated rings.